The van der Waals surface area contributed by atoms with Gasteiger partial charge in [-0.2, -0.15) is 4.98 Å². The van der Waals surface area contributed by atoms with E-state index < -0.39 is 0 Å². The monoisotopic (exact) mass is 419 g/mol. The zero-order valence-corrected chi connectivity index (χ0v) is 16.8. The summed E-state index contributed by atoms with van der Waals surface area (Å²) >= 11 is 11.7. The Hall–Kier alpha value is -2.57. The molecule has 0 saturated heterocycles. The summed E-state index contributed by atoms with van der Waals surface area (Å²) in [7, 11) is 1.74. The molecule has 1 aromatic heterocycles. The van der Waals surface area contributed by atoms with E-state index >= 15 is 0 Å². The summed E-state index contributed by atoms with van der Waals surface area (Å²) in [4.78, 5) is 18.2. The zero-order valence-electron chi connectivity index (χ0n) is 15.3. The van der Waals surface area contributed by atoms with E-state index in [0.29, 0.717) is 47.1 Å². The number of rotatable bonds is 8. The summed E-state index contributed by atoms with van der Waals surface area (Å²) in [5.41, 5.74) is 0.808. The molecule has 0 atom stereocenters. The van der Waals surface area contributed by atoms with Crippen LogP contribution in [-0.2, 0) is 11.2 Å². The van der Waals surface area contributed by atoms with Crippen LogP contribution in [0.5, 0.6) is 5.75 Å². The topological polar surface area (TPSA) is 68.5 Å². The van der Waals surface area contributed by atoms with Gasteiger partial charge in [0.15, 0.2) is 0 Å². The first kappa shape index (κ1) is 20.2. The van der Waals surface area contributed by atoms with E-state index in [1.807, 2.05) is 12.1 Å². The van der Waals surface area contributed by atoms with Crippen LogP contribution in [0.3, 0.4) is 0 Å². The van der Waals surface area contributed by atoms with Gasteiger partial charge in [-0.15, -0.1) is 0 Å². The molecule has 1 heterocycles. The van der Waals surface area contributed by atoms with Gasteiger partial charge in [0.1, 0.15) is 12.4 Å². The summed E-state index contributed by atoms with van der Waals surface area (Å²) in [6.45, 7) is 0.868. The normalized spacial score (nSPS) is 10.7. The van der Waals surface area contributed by atoms with Crippen molar-refractivity contribution in [2.75, 3.05) is 20.2 Å². The Morgan fingerprint density at radius 1 is 1.07 bits per heavy atom. The third-order valence-corrected chi connectivity index (χ3v) is 4.56. The average molecular weight is 420 g/mol. The van der Waals surface area contributed by atoms with Crippen molar-refractivity contribution in [3.8, 4) is 17.1 Å². The van der Waals surface area contributed by atoms with Crippen molar-refractivity contribution in [1.82, 2.24) is 15.0 Å². The molecule has 0 N–H and O–H groups in total. The molecule has 0 aliphatic heterocycles. The van der Waals surface area contributed by atoms with E-state index in [1.165, 1.54) is 0 Å². The highest BCUT2D eigenvalue weighted by atomic mass is 35.5. The summed E-state index contributed by atoms with van der Waals surface area (Å²) in [5.74, 6) is 1.59. The van der Waals surface area contributed by atoms with Gasteiger partial charge in [0.25, 0.3) is 0 Å². The third kappa shape index (κ3) is 5.71. The molecule has 0 fully saturated rings. The Balaban J connectivity index is 1.43. The molecule has 0 unspecified atom stereocenters. The van der Waals surface area contributed by atoms with E-state index in [-0.39, 0.29) is 12.3 Å². The molecule has 3 aromatic rings. The van der Waals surface area contributed by atoms with Crippen LogP contribution < -0.4 is 4.74 Å². The fourth-order valence-electron chi connectivity index (χ4n) is 2.43. The largest absolute Gasteiger partial charge is 0.492 e. The van der Waals surface area contributed by atoms with Gasteiger partial charge >= 0.3 is 0 Å². The van der Waals surface area contributed by atoms with Crippen molar-refractivity contribution >= 4 is 29.1 Å². The fourth-order valence-corrected chi connectivity index (χ4v) is 2.69. The van der Waals surface area contributed by atoms with Crippen molar-refractivity contribution in [3.05, 3.63) is 64.5 Å². The minimum Gasteiger partial charge on any atom is -0.492 e. The lowest BCUT2D eigenvalue weighted by Crippen LogP contribution is -2.31. The smallest absolute Gasteiger partial charge is 0.227 e. The molecule has 0 aliphatic rings. The van der Waals surface area contributed by atoms with E-state index in [9.17, 15) is 4.79 Å². The molecule has 0 spiro atoms. The second kappa shape index (κ2) is 9.57. The average Bonchev–Trinajstić information content (AvgIpc) is 3.17. The quantitative estimate of drug-likeness (QED) is 0.536. The van der Waals surface area contributed by atoms with Gasteiger partial charge in [0, 0.05) is 35.5 Å². The second-order valence-electron chi connectivity index (χ2n) is 6.14. The van der Waals surface area contributed by atoms with Crippen molar-refractivity contribution in [2.24, 2.45) is 0 Å². The lowest BCUT2D eigenvalue weighted by Gasteiger charge is -2.17. The molecule has 0 saturated carbocycles. The van der Waals surface area contributed by atoms with Gasteiger partial charge in [-0.3, -0.25) is 4.79 Å². The van der Waals surface area contributed by atoms with E-state index in [4.69, 9.17) is 32.5 Å². The predicted molar refractivity (Wildman–Crippen MR) is 108 cm³/mol. The van der Waals surface area contributed by atoms with E-state index in [0.717, 1.165) is 5.56 Å². The minimum atomic E-state index is -0.0223. The van der Waals surface area contributed by atoms with Gasteiger partial charge in [-0.1, -0.05) is 28.4 Å². The van der Waals surface area contributed by atoms with Crippen LogP contribution in [0.15, 0.2) is 53.1 Å². The second-order valence-corrected chi connectivity index (χ2v) is 7.01. The Morgan fingerprint density at radius 3 is 2.39 bits per heavy atom. The first-order valence-corrected chi connectivity index (χ1v) is 9.48. The van der Waals surface area contributed by atoms with E-state index in [2.05, 4.69) is 10.1 Å². The highest BCUT2D eigenvalue weighted by molar-refractivity contribution is 6.30. The molecular weight excluding hydrogens is 401 g/mol. The van der Waals surface area contributed by atoms with Gasteiger partial charge < -0.3 is 14.2 Å². The lowest BCUT2D eigenvalue weighted by atomic mass is 10.2. The van der Waals surface area contributed by atoms with Crippen molar-refractivity contribution in [1.29, 1.82) is 0 Å². The summed E-state index contributed by atoms with van der Waals surface area (Å²) in [5, 5.41) is 5.24. The molecule has 0 radical (unpaired) electrons. The molecule has 6 nitrogen and oxygen atoms in total. The molecule has 146 valence electrons. The highest BCUT2D eigenvalue weighted by Gasteiger charge is 2.13. The Labute approximate surface area is 173 Å². The molecule has 0 aliphatic carbocycles. The number of aryl methyl sites for hydroxylation is 1. The molecule has 28 heavy (non-hydrogen) atoms. The number of hydrogen-bond acceptors (Lipinski definition) is 5. The number of ether oxygens (including phenoxy) is 1. The van der Waals surface area contributed by atoms with Crippen LogP contribution in [0, 0.1) is 0 Å². The molecule has 8 heteroatoms. The molecular formula is C20H19Cl2N3O3. The van der Waals surface area contributed by atoms with Crippen molar-refractivity contribution < 1.29 is 14.1 Å². The van der Waals surface area contributed by atoms with Crippen LogP contribution in [0.4, 0.5) is 0 Å². The number of likely N-dealkylation sites (N-methyl/N-ethyl adjacent to an activating group) is 1. The minimum absolute atomic E-state index is 0.0223. The van der Waals surface area contributed by atoms with Crippen molar-refractivity contribution in [3.63, 3.8) is 0 Å². The van der Waals surface area contributed by atoms with Gasteiger partial charge in [-0.05, 0) is 48.5 Å². The highest BCUT2D eigenvalue weighted by Crippen LogP contribution is 2.19. The number of benzene rings is 2. The van der Waals surface area contributed by atoms with Crippen LogP contribution >= 0.6 is 23.2 Å². The first-order chi connectivity index (χ1) is 13.5. The number of carbonyl (C=O) groups is 1. The number of carbonyl (C=O) groups excluding carboxylic acids is 1. The van der Waals surface area contributed by atoms with Gasteiger partial charge in [0.05, 0.1) is 6.54 Å². The summed E-state index contributed by atoms with van der Waals surface area (Å²) < 4.78 is 10.8. The summed E-state index contributed by atoms with van der Waals surface area (Å²) in [6, 6.07) is 14.3. The predicted octanol–water partition coefficient (Wildman–Crippen LogP) is 4.51. The standard InChI is InChI=1S/C20H19Cl2N3O3/c1-25(12-13-27-17-8-6-16(22)7-9-17)19(26)11-10-18-23-20(24-28-18)14-2-4-15(21)5-3-14/h2-9H,10-13H2,1H3. The summed E-state index contributed by atoms with van der Waals surface area (Å²) in [6.07, 6.45) is 0.654. The Morgan fingerprint density at radius 2 is 1.71 bits per heavy atom. The van der Waals surface area contributed by atoms with Crippen LogP contribution in [0.25, 0.3) is 11.4 Å². The number of nitrogens with zero attached hydrogens (tertiary/aromatic N) is 3. The van der Waals surface area contributed by atoms with Gasteiger partial charge in [-0.25, -0.2) is 0 Å². The lowest BCUT2D eigenvalue weighted by molar-refractivity contribution is -0.130. The van der Waals surface area contributed by atoms with Crippen LogP contribution in [0.2, 0.25) is 10.0 Å². The van der Waals surface area contributed by atoms with Crippen LogP contribution in [-0.4, -0.2) is 41.1 Å². The maximum absolute atomic E-state index is 12.3. The molecule has 0 bridgehead atoms. The number of aromatic nitrogens is 2. The maximum atomic E-state index is 12.3. The Kier molecular flexibility index (Phi) is 6.90. The first-order valence-electron chi connectivity index (χ1n) is 8.72. The number of hydrogen-bond donors (Lipinski definition) is 0. The van der Waals surface area contributed by atoms with Gasteiger partial charge in [0.2, 0.25) is 17.6 Å². The maximum Gasteiger partial charge on any atom is 0.227 e. The molecule has 3 rings (SSSR count). The Bertz CT molecular complexity index is 911. The van der Waals surface area contributed by atoms with Crippen molar-refractivity contribution in [2.45, 2.75) is 12.8 Å². The number of amides is 1. The zero-order chi connectivity index (χ0) is 19.9. The molecule has 2 aromatic carbocycles. The SMILES string of the molecule is CN(CCOc1ccc(Cl)cc1)C(=O)CCc1nc(-c2ccc(Cl)cc2)no1. The van der Waals surface area contributed by atoms with Crippen LogP contribution in [0.1, 0.15) is 12.3 Å². The fraction of sp³-hybridized carbons (Fsp3) is 0.250. The van der Waals surface area contributed by atoms with E-state index in [1.54, 1.807) is 48.3 Å². The molecule has 1 amide bonds. The third-order valence-electron chi connectivity index (χ3n) is 4.06. The number of halogens is 2.